The Kier molecular flexibility index (Phi) is 6.25. The molecule has 0 aliphatic rings. The van der Waals surface area contributed by atoms with Crippen molar-refractivity contribution in [3.05, 3.63) is 176 Å². The second-order valence-corrected chi connectivity index (χ2v) is 13.4. The zero-order chi connectivity index (χ0) is 34.2. The fourth-order valence-corrected chi connectivity index (χ4v) is 8.12. The molecule has 3 heterocycles. The van der Waals surface area contributed by atoms with Gasteiger partial charge in [-0.3, -0.25) is 0 Å². The van der Waals surface area contributed by atoms with Crippen molar-refractivity contribution in [3.8, 4) is 44.6 Å². The van der Waals surface area contributed by atoms with Gasteiger partial charge in [-0.2, -0.15) is 0 Å². The normalized spacial score (nSPS) is 11.8. The molecule has 52 heavy (non-hydrogen) atoms. The Labute approximate surface area is 299 Å². The SMILES string of the molecule is c1ccc(-c2nc3ccccc3c3c(-c4cccc(-c5cccc(-c6cccc7c6oc6ccccc67)c5)c4)c4c(cc23)oc2ccccc24)cc1. The van der Waals surface area contributed by atoms with Crippen LogP contribution < -0.4 is 0 Å². The van der Waals surface area contributed by atoms with E-state index in [4.69, 9.17) is 13.8 Å². The van der Waals surface area contributed by atoms with Crippen LogP contribution in [0.25, 0.3) is 110 Å². The van der Waals surface area contributed by atoms with Gasteiger partial charge in [0.05, 0.1) is 11.2 Å². The van der Waals surface area contributed by atoms with E-state index >= 15 is 0 Å². The number of rotatable bonds is 4. The van der Waals surface area contributed by atoms with Gasteiger partial charge in [-0.05, 0) is 58.7 Å². The van der Waals surface area contributed by atoms with Crippen LogP contribution in [0.15, 0.2) is 185 Å². The number of furan rings is 2. The highest BCUT2D eigenvalue weighted by Gasteiger charge is 2.22. The number of hydrogen-bond donors (Lipinski definition) is 0. The Hall–Kier alpha value is -6.97. The third-order valence-corrected chi connectivity index (χ3v) is 10.4. The summed E-state index contributed by atoms with van der Waals surface area (Å²) >= 11 is 0. The molecule has 3 aromatic heterocycles. The topological polar surface area (TPSA) is 39.2 Å². The Morgan fingerprint density at radius 3 is 1.77 bits per heavy atom. The van der Waals surface area contributed by atoms with Gasteiger partial charge in [0.2, 0.25) is 0 Å². The lowest BCUT2D eigenvalue weighted by Crippen LogP contribution is -1.93. The maximum Gasteiger partial charge on any atom is 0.143 e. The minimum absolute atomic E-state index is 0.851. The quantitative estimate of drug-likeness (QED) is 0.176. The minimum atomic E-state index is 0.851. The van der Waals surface area contributed by atoms with Crippen LogP contribution in [0.2, 0.25) is 0 Å². The van der Waals surface area contributed by atoms with Gasteiger partial charge >= 0.3 is 0 Å². The number of aromatic nitrogens is 1. The van der Waals surface area contributed by atoms with E-state index in [-0.39, 0.29) is 0 Å². The maximum absolute atomic E-state index is 6.63. The lowest BCUT2D eigenvalue weighted by molar-refractivity contribution is 0.669. The highest BCUT2D eigenvalue weighted by Crippen LogP contribution is 2.47. The van der Waals surface area contributed by atoms with Crippen LogP contribution >= 0.6 is 0 Å². The van der Waals surface area contributed by atoms with Crippen LogP contribution in [-0.2, 0) is 0 Å². The first-order valence-corrected chi connectivity index (χ1v) is 17.6. The standard InChI is InChI=1S/C49H29NO2/c1-2-13-30(14-3-1)48-40-29-44-47(39-21-6-9-26-43(39)51-44)45(46(40)38-20-4-7-24-41(38)50-48)34-18-11-16-32(28-34)31-15-10-17-33(27-31)35-22-12-23-37-36-19-5-8-25-42(36)52-49(35)37/h1-29H. The van der Waals surface area contributed by atoms with Gasteiger partial charge in [0, 0.05) is 54.4 Å². The highest BCUT2D eigenvalue weighted by atomic mass is 16.3. The Bertz CT molecular complexity index is 3190. The molecular formula is C49H29NO2. The molecule has 0 saturated heterocycles. The smallest absolute Gasteiger partial charge is 0.143 e. The zero-order valence-electron chi connectivity index (χ0n) is 28.0. The predicted molar refractivity (Wildman–Crippen MR) is 216 cm³/mol. The summed E-state index contributed by atoms with van der Waals surface area (Å²) in [4.78, 5) is 5.26. The zero-order valence-corrected chi connectivity index (χ0v) is 28.0. The van der Waals surface area contributed by atoms with Gasteiger partial charge in [-0.1, -0.05) is 140 Å². The summed E-state index contributed by atoms with van der Waals surface area (Å²) in [6.07, 6.45) is 0. The van der Waals surface area contributed by atoms with Gasteiger partial charge < -0.3 is 8.83 Å². The summed E-state index contributed by atoms with van der Waals surface area (Å²) in [6.45, 7) is 0. The van der Waals surface area contributed by atoms with Crippen molar-refractivity contribution < 1.29 is 8.83 Å². The first-order valence-electron chi connectivity index (χ1n) is 17.6. The molecule has 0 spiro atoms. The van der Waals surface area contributed by atoms with E-state index in [9.17, 15) is 0 Å². The highest BCUT2D eigenvalue weighted by molar-refractivity contribution is 6.27. The number of nitrogens with zero attached hydrogens (tertiary/aromatic N) is 1. The van der Waals surface area contributed by atoms with E-state index in [1.54, 1.807) is 0 Å². The molecule has 11 aromatic rings. The van der Waals surface area contributed by atoms with Crippen LogP contribution in [0, 0.1) is 0 Å². The summed E-state index contributed by atoms with van der Waals surface area (Å²) in [7, 11) is 0. The van der Waals surface area contributed by atoms with Crippen molar-refractivity contribution >= 4 is 65.6 Å². The molecule has 0 saturated carbocycles. The van der Waals surface area contributed by atoms with Gasteiger partial charge in [0.15, 0.2) is 0 Å². The first-order chi connectivity index (χ1) is 25.8. The van der Waals surface area contributed by atoms with Crippen molar-refractivity contribution in [1.82, 2.24) is 4.98 Å². The van der Waals surface area contributed by atoms with Gasteiger partial charge in [0.25, 0.3) is 0 Å². The van der Waals surface area contributed by atoms with Gasteiger partial charge in [-0.25, -0.2) is 4.98 Å². The summed E-state index contributed by atoms with van der Waals surface area (Å²) < 4.78 is 13.1. The second kappa shape index (κ2) is 11.3. The second-order valence-electron chi connectivity index (χ2n) is 13.4. The lowest BCUT2D eigenvalue weighted by atomic mass is 9.88. The van der Waals surface area contributed by atoms with Crippen LogP contribution in [0.5, 0.6) is 0 Å². The Morgan fingerprint density at radius 1 is 0.346 bits per heavy atom. The maximum atomic E-state index is 6.63. The van der Waals surface area contributed by atoms with Crippen LogP contribution in [-0.4, -0.2) is 4.98 Å². The number of pyridine rings is 1. The predicted octanol–water partition coefficient (Wildman–Crippen LogP) is 13.9. The van der Waals surface area contributed by atoms with E-state index in [0.717, 1.165) is 105 Å². The molecule has 0 fully saturated rings. The molecule has 0 aliphatic heterocycles. The molecule has 0 amide bonds. The summed E-state index contributed by atoms with van der Waals surface area (Å²) in [5, 5.41) is 7.83. The van der Waals surface area contributed by atoms with E-state index in [1.165, 1.54) is 5.39 Å². The number of para-hydroxylation sites is 4. The molecule has 8 aromatic carbocycles. The molecule has 3 nitrogen and oxygen atoms in total. The average molecular weight is 664 g/mol. The molecule has 242 valence electrons. The van der Waals surface area contributed by atoms with Crippen LogP contribution in [0.1, 0.15) is 0 Å². The molecule has 11 rings (SSSR count). The average Bonchev–Trinajstić information content (AvgIpc) is 3.78. The summed E-state index contributed by atoms with van der Waals surface area (Å²) in [5.74, 6) is 0. The van der Waals surface area contributed by atoms with Crippen molar-refractivity contribution in [2.24, 2.45) is 0 Å². The van der Waals surface area contributed by atoms with Crippen molar-refractivity contribution in [1.29, 1.82) is 0 Å². The van der Waals surface area contributed by atoms with Crippen molar-refractivity contribution in [2.75, 3.05) is 0 Å². The van der Waals surface area contributed by atoms with Crippen molar-refractivity contribution in [2.45, 2.75) is 0 Å². The number of benzene rings is 8. The van der Waals surface area contributed by atoms with E-state index in [0.29, 0.717) is 0 Å². The third kappa shape index (κ3) is 4.36. The largest absolute Gasteiger partial charge is 0.456 e. The first kappa shape index (κ1) is 28.8. The van der Waals surface area contributed by atoms with Crippen LogP contribution in [0.4, 0.5) is 0 Å². The monoisotopic (exact) mass is 663 g/mol. The molecule has 0 aliphatic carbocycles. The van der Waals surface area contributed by atoms with E-state index < -0.39 is 0 Å². The third-order valence-electron chi connectivity index (χ3n) is 10.4. The fraction of sp³-hybridized carbons (Fsp3) is 0. The number of fused-ring (bicyclic) bond motifs is 9. The molecule has 0 bridgehead atoms. The fourth-order valence-electron chi connectivity index (χ4n) is 8.12. The Balaban J connectivity index is 1.18. The van der Waals surface area contributed by atoms with Crippen molar-refractivity contribution in [3.63, 3.8) is 0 Å². The number of hydrogen-bond acceptors (Lipinski definition) is 3. The lowest BCUT2D eigenvalue weighted by Gasteiger charge is -2.16. The Morgan fingerprint density at radius 2 is 0.942 bits per heavy atom. The molecule has 0 unspecified atom stereocenters. The van der Waals surface area contributed by atoms with E-state index in [1.807, 2.05) is 24.3 Å². The summed E-state index contributed by atoms with van der Waals surface area (Å²) in [5.41, 5.74) is 13.3. The molecular weight excluding hydrogens is 635 g/mol. The molecule has 0 atom stereocenters. The summed E-state index contributed by atoms with van der Waals surface area (Å²) in [6, 6.07) is 61.9. The minimum Gasteiger partial charge on any atom is -0.456 e. The molecule has 0 radical (unpaired) electrons. The molecule has 0 N–H and O–H groups in total. The van der Waals surface area contributed by atoms with Gasteiger partial charge in [0.1, 0.15) is 22.3 Å². The van der Waals surface area contributed by atoms with Crippen LogP contribution in [0.3, 0.4) is 0 Å². The molecule has 3 heteroatoms. The van der Waals surface area contributed by atoms with Gasteiger partial charge in [-0.15, -0.1) is 0 Å². The van der Waals surface area contributed by atoms with E-state index in [2.05, 4.69) is 152 Å².